The minimum atomic E-state index is -0.569. The van der Waals surface area contributed by atoms with Crippen LogP contribution in [0.15, 0.2) is 18.5 Å². The van der Waals surface area contributed by atoms with Gasteiger partial charge in [-0.1, -0.05) is 13.8 Å². The quantitative estimate of drug-likeness (QED) is 0.804. The van der Waals surface area contributed by atoms with Crippen LogP contribution in [0.25, 0.3) is 0 Å². The first-order valence-electron chi connectivity index (χ1n) is 9.17. The number of carbonyl (C=O) groups is 1. The second-order valence-electron chi connectivity index (χ2n) is 7.16. The number of hydrogen-bond acceptors (Lipinski definition) is 4. The maximum atomic E-state index is 13.3. The Bertz CT molecular complexity index is 553. The number of amides is 1. The number of hydrogen-bond donors (Lipinski definition) is 2. The van der Waals surface area contributed by atoms with Crippen molar-refractivity contribution in [3.63, 3.8) is 0 Å². The molecular formula is C18H31ClN4O2. The average molecular weight is 371 g/mol. The van der Waals surface area contributed by atoms with Crippen LogP contribution in [0.5, 0.6) is 0 Å². The summed E-state index contributed by atoms with van der Waals surface area (Å²) in [7, 11) is 1.78. The highest BCUT2D eigenvalue weighted by Crippen LogP contribution is 2.49. The van der Waals surface area contributed by atoms with Crippen molar-refractivity contribution in [2.24, 2.45) is 5.41 Å². The molecule has 25 heavy (non-hydrogen) atoms. The molecule has 2 atom stereocenters. The molecule has 3 rings (SSSR count). The molecule has 1 aromatic heterocycles. The molecule has 0 spiro atoms. The number of piperidine rings is 1. The Balaban J connectivity index is 0.00000225. The topological polar surface area (TPSA) is 68.2 Å². The predicted molar refractivity (Wildman–Crippen MR) is 99.9 cm³/mol. The molecule has 0 aromatic carbocycles. The minimum Gasteiger partial charge on any atom is -0.381 e. The van der Waals surface area contributed by atoms with Crippen LogP contribution in [0.1, 0.15) is 46.0 Å². The van der Waals surface area contributed by atoms with E-state index in [1.807, 2.05) is 16.9 Å². The van der Waals surface area contributed by atoms with E-state index < -0.39 is 5.54 Å². The molecule has 6 nitrogen and oxygen atoms in total. The van der Waals surface area contributed by atoms with Crippen molar-refractivity contribution in [3.05, 3.63) is 18.5 Å². The molecular weight excluding hydrogens is 340 g/mol. The molecule has 2 heterocycles. The molecule has 2 aliphatic rings. The molecule has 1 amide bonds. The highest BCUT2D eigenvalue weighted by atomic mass is 35.5. The van der Waals surface area contributed by atoms with Gasteiger partial charge in [-0.25, -0.2) is 0 Å². The molecule has 1 aromatic rings. The highest BCUT2D eigenvalue weighted by Gasteiger charge is 2.55. The summed E-state index contributed by atoms with van der Waals surface area (Å²) in [6.07, 6.45) is 8.38. The van der Waals surface area contributed by atoms with Crippen LogP contribution in [0.4, 0.5) is 0 Å². The number of rotatable bonds is 6. The van der Waals surface area contributed by atoms with E-state index in [1.165, 1.54) is 0 Å². The zero-order valence-electron chi connectivity index (χ0n) is 15.5. The SMILES string of the molecule is CCC1(CC)C(NC(=O)C2(n3cccn3)CCNCC2)CC1OC.Cl. The van der Waals surface area contributed by atoms with Crippen molar-refractivity contribution >= 4 is 18.3 Å². The van der Waals surface area contributed by atoms with Gasteiger partial charge in [-0.3, -0.25) is 9.48 Å². The minimum absolute atomic E-state index is 0. The molecule has 0 radical (unpaired) electrons. The predicted octanol–water partition coefficient (Wildman–Crippen LogP) is 2.09. The summed E-state index contributed by atoms with van der Waals surface area (Å²) >= 11 is 0. The van der Waals surface area contributed by atoms with Crippen LogP contribution in [0.3, 0.4) is 0 Å². The Kier molecular flexibility index (Phi) is 6.51. The van der Waals surface area contributed by atoms with E-state index in [9.17, 15) is 4.79 Å². The Morgan fingerprint density at radius 3 is 2.56 bits per heavy atom. The van der Waals surface area contributed by atoms with E-state index in [-0.39, 0.29) is 35.9 Å². The van der Waals surface area contributed by atoms with Gasteiger partial charge in [0.05, 0.1) is 6.10 Å². The summed E-state index contributed by atoms with van der Waals surface area (Å²) in [6, 6.07) is 2.08. The number of methoxy groups -OCH3 is 1. The van der Waals surface area contributed by atoms with E-state index in [0.717, 1.165) is 45.2 Å². The molecule has 0 bridgehead atoms. The largest absolute Gasteiger partial charge is 0.381 e. The van der Waals surface area contributed by atoms with Gasteiger partial charge in [-0.2, -0.15) is 5.10 Å². The number of halogens is 1. The van der Waals surface area contributed by atoms with Crippen molar-refractivity contribution < 1.29 is 9.53 Å². The molecule has 1 aliphatic heterocycles. The van der Waals surface area contributed by atoms with Crippen LogP contribution in [0, 0.1) is 5.41 Å². The van der Waals surface area contributed by atoms with Crippen LogP contribution in [0.2, 0.25) is 0 Å². The fourth-order valence-electron chi connectivity index (χ4n) is 4.69. The Morgan fingerprint density at radius 2 is 2.04 bits per heavy atom. The number of nitrogens with one attached hydrogen (secondary N) is 2. The van der Waals surface area contributed by atoms with Crippen molar-refractivity contribution in [1.82, 2.24) is 20.4 Å². The molecule has 1 aliphatic carbocycles. The standard InChI is InChI=1S/C18H30N4O2.ClH/c1-4-17(5-2)14(13-15(17)24-3)21-16(23)18(7-10-19-11-8-18)22-12-6-9-20-22;/h6,9,12,14-15,19H,4-5,7-8,10-11,13H2,1-3H3,(H,21,23);1H. The van der Waals surface area contributed by atoms with Gasteiger partial charge in [-0.15, -0.1) is 12.4 Å². The summed E-state index contributed by atoms with van der Waals surface area (Å²) in [4.78, 5) is 13.3. The van der Waals surface area contributed by atoms with E-state index in [2.05, 4.69) is 29.6 Å². The van der Waals surface area contributed by atoms with Gasteiger partial charge in [0.25, 0.3) is 0 Å². The van der Waals surface area contributed by atoms with Gasteiger partial charge >= 0.3 is 0 Å². The third-order valence-corrected chi connectivity index (χ3v) is 6.49. The van der Waals surface area contributed by atoms with E-state index >= 15 is 0 Å². The fraction of sp³-hybridized carbons (Fsp3) is 0.778. The lowest BCUT2D eigenvalue weighted by Crippen LogP contribution is -2.67. The van der Waals surface area contributed by atoms with Crippen molar-refractivity contribution in [1.29, 1.82) is 0 Å². The van der Waals surface area contributed by atoms with Crippen LogP contribution in [-0.2, 0) is 15.1 Å². The Hall–Kier alpha value is -1.11. The van der Waals surface area contributed by atoms with Crippen LogP contribution < -0.4 is 10.6 Å². The lowest BCUT2D eigenvalue weighted by molar-refractivity contribution is -0.149. The zero-order valence-corrected chi connectivity index (χ0v) is 16.3. The summed E-state index contributed by atoms with van der Waals surface area (Å²) in [5, 5.41) is 11.1. The molecule has 7 heteroatoms. The van der Waals surface area contributed by atoms with Gasteiger partial charge < -0.3 is 15.4 Å². The smallest absolute Gasteiger partial charge is 0.248 e. The van der Waals surface area contributed by atoms with Crippen molar-refractivity contribution in [2.75, 3.05) is 20.2 Å². The number of nitrogens with zero attached hydrogens (tertiary/aromatic N) is 2. The molecule has 1 saturated heterocycles. The molecule has 2 N–H and O–H groups in total. The van der Waals surface area contributed by atoms with E-state index in [1.54, 1.807) is 13.3 Å². The zero-order chi connectivity index (χ0) is 17.2. The van der Waals surface area contributed by atoms with Gasteiger partial charge in [0.1, 0.15) is 5.54 Å². The van der Waals surface area contributed by atoms with Crippen molar-refractivity contribution in [3.8, 4) is 0 Å². The number of carbonyl (C=O) groups excluding carboxylic acids is 1. The van der Waals surface area contributed by atoms with Gasteiger partial charge in [0.2, 0.25) is 5.91 Å². The van der Waals surface area contributed by atoms with Crippen molar-refractivity contribution in [2.45, 2.75) is 63.6 Å². The first-order valence-corrected chi connectivity index (χ1v) is 9.17. The van der Waals surface area contributed by atoms with Gasteiger partial charge in [-0.05, 0) is 51.3 Å². The summed E-state index contributed by atoms with van der Waals surface area (Å²) < 4.78 is 7.52. The second kappa shape index (κ2) is 8.06. The first-order chi connectivity index (χ1) is 11.6. The van der Waals surface area contributed by atoms with Crippen LogP contribution >= 0.6 is 12.4 Å². The van der Waals surface area contributed by atoms with Gasteiger partial charge in [0.15, 0.2) is 0 Å². The summed E-state index contributed by atoms with van der Waals surface area (Å²) in [5.41, 5.74) is -0.511. The third kappa shape index (κ3) is 3.20. The van der Waals surface area contributed by atoms with Gasteiger partial charge in [0, 0.05) is 31.0 Å². The van der Waals surface area contributed by atoms with Crippen LogP contribution in [-0.4, -0.2) is 48.0 Å². The van der Waals surface area contributed by atoms with E-state index in [0.29, 0.717) is 0 Å². The highest BCUT2D eigenvalue weighted by molar-refractivity contribution is 5.85. The second-order valence-corrected chi connectivity index (χ2v) is 7.16. The lowest BCUT2D eigenvalue weighted by Gasteiger charge is -2.55. The number of ether oxygens (including phenoxy) is 1. The Labute approximate surface area is 156 Å². The molecule has 2 fully saturated rings. The maximum Gasteiger partial charge on any atom is 0.248 e. The molecule has 1 saturated carbocycles. The normalized spacial score (nSPS) is 27.0. The lowest BCUT2D eigenvalue weighted by atomic mass is 9.58. The molecule has 2 unspecified atom stereocenters. The summed E-state index contributed by atoms with van der Waals surface area (Å²) in [6.45, 7) is 6.07. The number of aromatic nitrogens is 2. The fourth-order valence-corrected chi connectivity index (χ4v) is 4.69. The average Bonchev–Trinajstić information content (AvgIpc) is 3.15. The first kappa shape index (κ1) is 20.2. The third-order valence-electron chi connectivity index (χ3n) is 6.49. The maximum absolute atomic E-state index is 13.3. The molecule has 142 valence electrons. The Morgan fingerprint density at radius 1 is 1.36 bits per heavy atom. The monoisotopic (exact) mass is 370 g/mol. The summed E-state index contributed by atoms with van der Waals surface area (Å²) in [5.74, 6) is 0.110. The van der Waals surface area contributed by atoms with E-state index in [4.69, 9.17) is 4.74 Å².